The van der Waals surface area contributed by atoms with Gasteiger partial charge in [0, 0.05) is 44.0 Å². The SMILES string of the molecule is NC(=O)NCc1ccc(C(=O)NCCc2nccn2Cc2ccccc2)cc1. The Bertz CT molecular complexity index is 919. The first-order valence-corrected chi connectivity index (χ1v) is 9.06. The second kappa shape index (κ2) is 9.36. The van der Waals surface area contributed by atoms with Gasteiger partial charge in [-0.2, -0.15) is 0 Å². The number of primary amides is 1. The van der Waals surface area contributed by atoms with Crippen molar-refractivity contribution in [3.8, 4) is 0 Å². The third kappa shape index (κ3) is 5.44. The van der Waals surface area contributed by atoms with Gasteiger partial charge in [-0.1, -0.05) is 42.5 Å². The van der Waals surface area contributed by atoms with E-state index in [1.165, 1.54) is 5.56 Å². The van der Waals surface area contributed by atoms with Crippen LogP contribution in [-0.2, 0) is 19.5 Å². The largest absolute Gasteiger partial charge is 0.352 e. The van der Waals surface area contributed by atoms with Crippen molar-refractivity contribution < 1.29 is 9.59 Å². The van der Waals surface area contributed by atoms with E-state index in [0.29, 0.717) is 25.1 Å². The number of nitrogens with zero attached hydrogens (tertiary/aromatic N) is 2. The van der Waals surface area contributed by atoms with Gasteiger partial charge in [-0.25, -0.2) is 9.78 Å². The van der Waals surface area contributed by atoms with E-state index in [2.05, 4.69) is 32.3 Å². The van der Waals surface area contributed by atoms with Crippen molar-refractivity contribution >= 4 is 11.9 Å². The standard InChI is InChI=1S/C21H23N5O2/c22-21(28)25-14-16-6-8-18(9-7-16)20(27)24-11-10-19-23-12-13-26(19)15-17-4-2-1-3-5-17/h1-9,12-13H,10-11,14-15H2,(H,24,27)(H3,22,25,28). The fourth-order valence-electron chi connectivity index (χ4n) is 2.85. The number of imidazole rings is 1. The van der Waals surface area contributed by atoms with Crippen molar-refractivity contribution in [1.82, 2.24) is 20.2 Å². The molecule has 0 atom stereocenters. The first-order chi connectivity index (χ1) is 13.6. The lowest BCUT2D eigenvalue weighted by Crippen LogP contribution is -2.28. The summed E-state index contributed by atoms with van der Waals surface area (Å²) in [6.45, 7) is 1.59. The Hall–Kier alpha value is -3.61. The lowest BCUT2D eigenvalue weighted by molar-refractivity contribution is 0.0954. The van der Waals surface area contributed by atoms with Crippen LogP contribution in [0.25, 0.3) is 0 Å². The molecule has 0 fully saturated rings. The smallest absolute Gasteiger partial charge is 0.312 e. The Labute approximate surface area is 163 Å². The minimum absolute atomic E-state index is 0.143. The number of hydrogen-bond acceptors (Lipinski definition) is 3. The molecule has 1 aromatic heterocycles. The molecule has 3 aromatic rings. The molecule has 7 heteroatoms. The maximum Gasteiger partial charge on any atom is 0.312 e. The molecule has 0 saturated carbocycles. The Morgan fingerprint density at radius 2 is 1.71 bits per heavy atom. The predicted molar refractivity (Wildman–Crippen MR) is 107 cm³/mol. The highest BCUT2D eigenvalue weighted by atomic mass is 16.2. The average molecular weight is 377 g/mol. The Balaban J connectivity index is 1.49. The summed E-state index contributed by atoms with van der Waals surface area (Å²) in [6.07, 6.45) is 4.37. The summed E-state index contributed by atoms with van der Waals surface area (Å²) in [5.41, 5.74) is 7.69. The minimum Gasteiger partial charge on any atom is -0.352 e. The van der Waals surface area contributed by atoms with Gasteiger partial charge in [0.15, 0.2) is 0 Å². The van der Waals surface area contributed by atoms with Crippen molar-refractivity contribution in [2.75, 3.05) is 6.54 Å². The Kier molecular flexibility index (Phi) is 6.41. The number of carbonyl (C=O) groups is 2. The maximum absolute atomic E-state index is 12.3. The quantitative estimate of drug-likeness (QED) is 0.560. The molecule has 2 aromatic carbocycles. The van der Waals surface area contributed by atoms with Gasteiger partial charge in [-0.3, -0.25) is 4.79 Å². The molecule has 3 rings (SSSR count). The van der Waals surface area contributed by atoms with E-state index in [9.17, 15) is 9.59 Å². The second-order valence-electron chi connectivity index (χ2n) is 6.38. The van der Waals surface area contributed by atoms with Crippen LogP contribution >= 0.6 is 0 Å². The minimum atomic E-state index is -0.576. The number of nitrogens with two attached hydrogens (primary N) is 1. The summed E-state index contributed by atoms with van der Waals surface area (Å²) in [6, 6.07) is 16.6. The summed E-state index contributed by atoms with van der Waals surface area (Å²) >= 11 is 0. The highest BCUT2D eigenvalue weighted by Crippen LogP contribution is 2.07. The van der Waals surface area contributed by atoms with Gasteiger partial charge in [0.2, 0.25) is 0 Å². The molecule has 144 valence electrons. The molecule has 0 aliphatic carbocycles. The zero-order valence-electron chi connectivity index (χ0n) is 15.5. The van der Waals surface area contributed by atoms with Crippen molar-refractivity contribution in [2.24, 2.45) is 5.73 Å². The molecular formula is C21H23N5O2. The summed E-state index contributed by atoms with van der Waals surface area (Å²) in [7, 11) is 0. The third-order valence-corrected chi connectivity index (χ3v) is 4.31. The molecule has 0 saturated heterocycles. The zero-order valence-corrected chi connectivity index (χ0v) is 15.5. The number of rotatable bonds is 8. The summed E-state index contributed by atoms with van der Waals surface area (Å²) in [5.74, 6) is 0.785. The molecule has 0 unspecified atom stereocenters. The van der Waals surface area contributed by atoms with E-state index in [-0.39, 0.29) is 5.91 Å². The van der Waals surface area contributed by atoms with Crippen LogP contribution in [0.4, 0.5) is 4.79 Å². The van der Waals surface area contributed by atoms with Crippen LogP contribution in [0.5, 0.6) is 0 Å². The van der Waals surface area contributed by atoms with Gasteiger partial charge in [0.1, 0.15) is 5.82 Å². The molecule has 0 aliphatic rings. The first-order valence-electron chi connectivity index (χ1n) is 9.06. The van der Waals surface area contributed by atoms with Crippen molar-refractivity contribution in [2.45, 2.75) is 19.5 Å². The molecular weight excluding hydrogens is 354 g/mol. The lowest BCUT2D eigenvalue weighted by atomic mass is 10.1. The van der Waals surface area contributed by atoms with Gasteiger partial charge >= 0.3 is 6.03 Å². The average Bonchev–Trinajstić information content (AvgIpc) is 3.14. The van der Waals surface area contributed by atoms with Crippen LogP contribution in [0.1, 0.15) is 27.3 Å². The summed E-state index contributed by atoms with van der Waals surface area (Å²) in [4.78, 5) is 27.4. The monoisotopic (exact) mass is 377 g/mol. The Morgan fingerprint density at radius 1 is 0.964 bits per heavy atom. The van der Waals surface area contributed by atoms with Gasteiger partial charge in [0.05, 0.1) is 0 Å². The van der Waals surface area contributed by atoms with Crippen LogP contribution in [0, 0.1) is 0 Å². The topological polar surface area (TPSA) is 102 Å². The van der Waals surface area contributed by atoms with Crippen molar-refractivity contribution in [1.29, 1.82) is 0 Å². The zero-order chi connectivity index (χ0) is 19.8. The van der Waals surface area contributed by atoms with Crippen LogP contribution in [0.15, 0.2) is 67.0 Å². The second-order valence-corrected chi connectivity index (χ2v) is 6.38. The highest BCUT2D eigenvalue weighted by Gasteiger charge is 2.08. The van der Waals surface area contributed by atoms with Crippen LogP contribution in [-0.4, -0.2) is 28.0 Å². The number of benzene rings is 2. The molecule has 3 amide bonds. The van der Waals surface area contributed by atoms with E-state index < -0.39 is 6.03 Å². The fourth-order valence-corrected chi connectivity index (χ4v) is 2.85. The number of aromatic nitrogens is 2. The van der Waals surface area contributed by atoms with Crippen molar-refractivity contribution in [3.63, 3.8) is 0 Å². The van der Waals surface area contributed by atoms with Crippen LogP contribution < -0.4 is 16.4 Å². The predicted octanol–water partition coefficient (Wildman–Crippen LogP) is 2.07. The molecule has 0 bridgehead atoms. The van der Waals surface area contributed by atoms with E-state index in [1.54, 1.807) is 30.5 Å². The van der Waals surface area contributed by atoms with E-state index in [1.807, 2.05) is 24.4 Å². The summed E-state index contributed by atoms with van der Waals surface area (Å²) in [5, 5.41) is 5.43. The van der Waals surface area contributed by atoms with E-state index in [4.69, 9.17) is 5.73 Å². The number of nitrogens with one attached hydrogen (secondary N) is 2. The highest BCUT2D eigenvalue weighted by molar-refractivity contribution is 5.94. The maximum atomic E-state index is 12.3. The van der Waals surface area contributed by atoms with E-state index in [0.717, 1.165) is 17.9 Å². The summed E-state index contributed by atoms with van der Waals surface area (Å²) < 4.78 is 2.09. The number of amides is 3. The molecule has 0 radical (unpaired) electrons. The van der Waals surface area contributed by atoms with Gasteiger partial charge in [-0.05, 0) is 23.3 Å². The van der Waals surface area contributed by atoms with Crippen LogP contribution in [0.3, 0.4) is 0 Å². The van der Waals surface area contributed by atoms with Crippen molar-refractivity contribution in [3.05, 3.63) is 89.5 Å². The first kappa shape index (κ1) is 19.2. The van der Waals surface area contributed by atoms with Gasteiger partial charge in [-0.15, -0.1) is 0 Å². The van der Waals surface area contributed by atoms with Gasteiger partial charge in [0.25, 0.3) is 5.91 Å². The molecule has 1 heterocycles. The number of urea groups is 1. The molecule has 0 spiro atoms. The molecule has 28 heavy (non-hydrogen) atoms. The van der Waals surface area contributed by atoms with E-state index >= 15 is 0 Å². The van der Waals surface area contributed by atoms with Gasteiger partial charge < -0.3 is 20.9 Å². The lowest BCUT2D eigenvalue weighted by Gasteiger charge is -2.09. The van der Waals surface area contributed by atoms with Crippen LogP contribution in [0.2, 0.25) is 0 Å². The number of carbonyl (C=O) groups excluding carboxylic acids is 2. The molecule has 0 aliphatic heterocycles. The Morgan fingerprint density at radius 3 is 2.43 bits per heavy atom. The third-order valence-electron chi connectivity index (χ3n) is 4.31. The molecule has 4 N–H and O–H groups in total. The fraction of sp³-hybridized carbons (Fsp3) is 0.190. The molecule has 7 nitrogen and oxygen atoms in total. The number of hydrogen-bond donors (Lipinski definition) is 3. The normalized spacial score (nSPS) is 10.4.